The van der Waals surface area contributed by atoms with E-state index in [4.69, 9.17) is 0 Å². The number of rotatable bonds is 4. The monoisotopic (exact) mass is 415 g/mol. The summed E-state index contributed by atoms with van der Waals surface area (Å²) in [6.45, 7) is 1.98. The first-order valence-corrected chi connectivity index (χ1v) is 11.0. The van der Waals surface area contributed by atoms with Crippen molar-refractivity contribution < 1.29 is 8.42 Å². The van der Waals surface area contributed by atoms with E-state index < -0.39 is 10.0 Å². The first-order chi connectivity index (χ1) is 13.2. The zero-order valence-corrected chi connectivity index (χ0v) is 17.0. The zero-order chi connectivity index (χ0) is 20.1. The van der Waals surface area contributed by atoms with Crippen molar-refractivity contribution in [3.8, 4) is 5.69 Å². The number of benzene rings is 1. The highest BCUT2D eigenvalue weighted by molar-refractivity contribution is 7.88. The molecule has 144 valence electrons. The van der Waals surface area contributed by atoms with Crippen molar-refractivity contribution in [3.05, 3.63) is 58.8 Å². The average molecular weight is 416 g/mol. The standard InChI is InChI=1S/C18H17N5O3S2/c1-11-4-6-12(7-5-11)23-10-20-15-14-13(22(2)21-28(3,25)26)8-9-19-17(14)27-16(15)18(23)24/h4-10,21H,1-3H3. The highest BCUT2D eigenvalue weighted by Crippen LogP contribution is 2.35. The number of fused-ring (bicyclic) bond motifs is 3. The van der Waals surface area contributed by atoms with Gasteiger partial charge in [-0.1, -0.05) is 17.7 Å². The van der Waals surface area contributed by atoms with Gasteiger partial charge in [0.05, 0.1) is 23.0 Å². The normalized spacial score (nSPS) is 12.0. The van der Waals surface area contributed by atoms with Crippen LogP contribution in [-0.4, -0.2) is 36.3 Å². The number of hydrogen-bond acceptors (Lipinski definition) is 7. The molecule has 0 aliphatic heterocycles. The zero-order valence-electron chi connectivity index (χ0n) is 15.4. The second kappa shape index (κ2) is 6.66. The minimum atomic E-state index is -3.46. The van der Waals surface area contributed by atoms with Crippen molar-refractivity contribution in [2.75, 3.05) is 18.3 Å². The molecule has 0 bridgehead atoms. The van der Waals surface area contributed by atoms with Gasteiger partial charge in [-0.2, -0.15) is 0 Å². The second-order valence-electron chi connectivity index (χ2n) is 6.47. The Bertz CT molecular complexity index is 1360. The van der Waals surface area contributed by atoms with E-state index >= 15 is 0 Å². The number of pyridine rings is 1. The maximum atomic E-state index is 13.1. The van der Waals surface area contributed by atoms with Gasteiger partial charge in [-0.15, -0.1) is 16.2 Å². The number of hydrogen-bond donors (Lipinski definition) is 1. The van der Waals surface area contributed by atoms with E-state index in [1.807, 2.05) is 31.2 Å². The summed E-state index contributed by atoms with van der Waals surface area (Å²) in [5.41, 5.74) is 2.70. The molecule has 28 heavy (non-hydrogen) atoms. The van der Waals surface area contributed by atoms with Crippen molar-refractivity contribution in [1.82, 2.24) is 19.4 Å². The molecule has 1 aromatic carbocycles. The van der Waals surface area contributed by atoms with Crippen LogP contribution < -0.4 is 15.4 Å². The molecule has 0 saturated carbocycles. The maximum absolute atomic E-state index is 13.1. The third-order valence-electron chi connectivity index (χ3n) is 4.24. The number of nitrogens with one attached hydrogen (secondary N) is 1. The molecule has 3 aromatic heterocycles. The Labute approximate surface area is 165 Å². The summed E-state index contributed by atoms with van der Waals surface area (Å²) in [6, 6.07) is 9.28. The van der Waals surface area contributed by atoms with Gasteiger partial charge in [0, 0.05) is 13.2 Å². The number of aromatic nitrogens is 3. The summed E-state index contributed by atoms with van der Waals surface area (Å²) in [5.74, 6) is 0. The molecule has 0 spiro atoms. The van der Waals surface area contributed by atoms with Crippen LogP contribution in [0.5, 0.6) is 0 Å². The lowest BCUT2D eigenvalue weighted by Gasteiger charge is -2.19. The molecule has 0 aliphatic rings. The summed E-state index contributed by atoms with van der Waals surface area (Å²) in [4.78, 5) is 24.9. The highest BCUT2D eigenvalue weighted by Gasteiger charge is 2.19. The average Bonchev–Trinajstić information content (AvgIpc) is 3.01. The van der Waals surface area contributed by atoms with E-state index in [1.54, 1.807) is 19.3 Å². The molecule has 1 N–H and O–H groups in total. The first kappa shape index (κ1) is 18.5. The number of sulfonamides is 1. The van der Waals surface area contributed by atoms with E-state index in [2.05, 4.69) is 14.8 Å². The van der Waals surface area contributed by atoms with Crippen LogP contribution in [0.3, 0.4) is 0 Å². The highest BCUT2D eigenvalue weighted by atomic mass is 32.2. The largest absolute Gasteiger partial charge is 0.297 e. The van der Waals surface area contributed by atoms with E-state index in [0.717, 1.165) is 17.5 Å². The van der Waals surface area contributed by atoms with E-state index in [9.17, 15) is 13.2 Å². The van der Waals surface area contributed by atoms with Crippen LogP contribution in [-0.2, 0) is 10.0 Å². The number of thiophene rings is 1. The van der Waals surface area contributed by atoms with Crippen LogP contribution in [0.25, 0.3) is 26.1 Å². The lowest BCUT2D eigenvalue weighted by Crippen LogP contribution is -2.38. The lowest BCUT2D eigenvalue weighted by molar-refractivity contribution is 0.587. The second-order valence-corrected chi connectivity index (χ2v) is 9.19. The fraction of sp³-hybridized carbons (Fsp3) is 0.167. The van der Waals surface area contributed by atoms with Crippen molar-refractivity contribution in [3.63, 3.8) is 0 Å². The van der Waals surface area contributed by atoms with E-state index in [-0.39, 0.29) is 5.56 Å². The predicted octanol–water partition coefficient (Wildman–Crippen LogP) is 2.20. The summed E-state index contributed by atoms with van der Waals surface area (Å²) < 4.78 is 25.2. The molecular formula is C18H17N5O3S2. The Morgan fingerprint density at radius 2 is 1.86 bits per heavy atom. The van der Waals surface area contributed by atoms with Gasteiger partial charge < -0.3 is 0 Å². The van der Waals surface area contributed by atoms with Crippen molar-refractivity contribution in [2.24, 2.45) is 0 Å². The minimum Gasteiger partial charge on any atom is -0.297 e. The topological polar surface area (TPSA) is 97.2 Å². The van der Waals surface area contributed by atoms with Gasteiger partial charge in [0.1, 0.15) is 21.4 Å². The maximum Gasteiger partial charge on any atom is 0.275 e. The molecule has 4 rings (SSSR count). The van der Waals surface area contributed by atoms with Crippen LogP contribution in [0.2, 0.25) is 0 Å². The van der Waals surface area contributed by atoms with Gasteiger partial charge in [-0.05, 0) is 25.1 Å². The van der Waals surface area contributed by atoms with Crippen LogP contribution in [0.4, 0.5) is 5.69 Å². The van der Waals surface area contributed by atoms with Gasteiger partial charge in [0.2, 0.25) is 10.0 Å². The summed E-state index contributed by atoms with van der Waals surface area (Å²) in [6.07, 6.45) is 4.14. The molecular weight excluding hydrogens is 398 g/mol. The van der Waals surface area contributed by atoms with Gasteiger partial charge in [0.25, 0.3) is 5.56 Å². The van der Waals surface area contributed by atoms with Gasteiger partial charge in [-0.3, -0.25) is 14.4 Å². The minimum absolute atomic E-state index is 0.193. The Balaban J connectivity index is 1.94. The smallest absolute Gasteiger partial charge is 0.275 e. The molecule has 4 aromatic rings. The predicted molar refractivity (Wildman–Crippen MR) is 112 cm³/mol. The molecule has 10 heteroatoms. The quantitative estimate of drug-likeness (QED) is 0.513. The van der Waals surface area contributed by atoms with Crippen LogP contribution in [0.1, 0.15) is 5.56 Å². The summed E-state index contributed by atoms with van der Waals surface area (Å²) >= 11 is 1.24. The summed E-state index contributed by atoms with van der Waals surface area (Å²) in [5, 5.41) is 2.02. The molecule has 0 amide bonds. The lowest BCUT2D eigenvalue weighted by atomic mass is 10.2. The third kappa shape index (κ3) is 3.26. The van der Waals surface area contributed by atoms with E-state index in [0.29, 0.717) is 26.1 Å². The molecule has 0 fully saturated rings. The molecule has 0 aliphatic carbocycles. The number of hydrazine groups is 1. The van der Waals surface area contributed by atoms with Gasteiger partial charge in [-0.25, -0.2) is 18.4 Å². The van der Waals surface area contributed by atoms with Crippen molar-refractivity contribution in [1.29, 1.82) is 0 Å². The van der Waals surface area contributed by atoms with Gasteiger partial charge >= 0.3 is 0 Å². The Hall–Kier alpha value is -2.82. The molecule has 0 saturated heterocycles. The van der Waals surface area contributed by atoms with Crippen molar-refractivity contribution in [2.45, 2.75) is 6.92 Å². The van der Waals surface area contributed by atoms with Crippen LogP contribution >= 0.6 is 11.3 Å². The molecule has 0 unspecified atom stereocenters. The third-order valence-corrected chi connectivity index (χ3v) is 5.92. The van der Waals surface area contributed by atoms with Crippen molar-refractivity contribution >= 4 is 47.5 Å². The fourth-order valence-corrected chi connectivity index (χ4v) is 4.65. The fourth-order valence-electron chi connectivity index (χ4n) is 3.00. The van der Waals surface area contributed by atoms with E-state index in [1.165, 1.54) is 27.2 Å². The van der Waals surface area contributed by atoms with Crippen LogP contribution in [0, 0.1) is 6.92 Å². The first-order valence-electron chi connectivity index (χ1n) is 8.31. The molecule has 0 atom stereocenters. The summed E-state index contributed by atoms with van der Waals surface area (Å²) in [7, 11) is -1.87. The Morgan fingerprint density at radius 3 is 2.54 bits per heavy atom. The molecule has 8 nitrogen and oxygen atoms in total. The molecule has 0 radical (unpaired) electrons. The number of aryl methyl sites for hydroxylation is 1. The SMILES string of the molecule is Cc1ccc(-n2cnc3c(sc4nccc(N(C)NS(C)(=O)=O)c43)c2=O)cc1. The number of nitrogens with zero attached hydrogens (tertiary/aromatic N) is 4. The Kier molecular flexibility index (Phi) is 4.41. The van der Waals surface area contributed by atoms with Crippen LogP contribution in [0.15, 0.2) is 47.7 Å². The number of anilines is 1. The van der Waals surface area contributed by atoms with Gasteiger partial charge in [0.15, 0.2) is 0 Å². The molecule has 3 heterocycles. The Morgan fingerprint density at radius 1 is 1.14 bits per heavy atom.